The number of rotatable bonds is 11. The molecule has 4 aliphatic carbocycles. The highest BCUT2D eigenvalue weighted by molar-refractivity contribution is 5.84. The first kappa shape index (κ1) is 36.5. The molecule has 1 aliphatic heterocycles. The van der Waals surface area contributed by atoms with Crippen LogP contribution in [0, 0.1) is 36.5 Å². The number of carbonyl (C=O) groups excluding carboxylic acids is 2. The van der Waals surface area contributed by atoms with Crippen molar-refractivity contribution >= 4 is 23.4 Å². The molecule has 5 N–H and O–H groups in total. The van der Waals surface area contributed by atoms with Crippen molar-refractivity contribution in [3.63, 3.8) is 0 Å². The van der Waals surface area contributed by atoms with Gasteiger partial charge in [-0.25, -0.2) is 0 Å². The Balaban J connectivity index is 0.946. The Labute approximate surface area is 296 Å². The lowest BCUT2D eigenvalue weighted by molar-refractivity contribution is -0.146. The fraction of sp³-hybridized carbons (Fsp3) is 0.625. The Bertz CT molecular complexity index is 1450. The van der Waals surface area contributed by atoms with Gasteiger partial charge in [-0.1, -0.05) is 61.1 Å². The van der Waals surface area contributed by atoms with Gasteiger partial charge >= 0.3 is 5.97 Å². The van der Waals surface area contributed by atoms with Gasteiger partial charge in [0.2, 0.25) is 11.8 Å². The number of nitrogens with zero attached hydrogens (tertiary/aromatic N) is 1. The minimum atomic E-state index is -0.998. The van der Waals surface area contributed by atoms with Crippen LogP contribution < -0.4 is 16.1 Å². The van der Waals surface area contributed by atoms with E-state index in [1.54, 1.807) is 4.90 Å². The molecule has 0 radical (unpaired) electrons. The normalized spacial score (nSPS) is 32.9. The van der Waals surface area contributed by atoms with E-state index in [-0.39, 0.29) is 60.7 Å². The molecule has 2 saturated carbocycles. The average Bonchev–Trinajstić information content (AvgIpc) is 3.60. The van der Waals surface area contributed by atoms with Crippen molar-refractivity contribution in [2.45, 2.75) is 115 Å². The van der Waals surface area contributed by atoms with Crippen LogP contribution in [0.15, 0.2) is 54.1 Å². The molecule has 1 saturated heterocycles. The minimum absolute atomic E-state index is 0.0153. The lowest BCUT2D eigenvalue weighted by Crippen LogP contribution is -2.46. The van der Waals surface area contributed by atoms with Gasteiger partial charge in [0.05, 0.1) is 18.2 Å². The number of aryl methyl sites for hydroxylation is 1. The summed E-state index contributed by atoms with van der Waals surface area (Å²) < 4.78 is 0. The van der Waals surface area contributed by atoms with Crippen LogP contribution in [0.2, 0.25) is 0 Å². The van der Waals surface area contributed by atoms with Gasteiger partial charge in [-0.3, -0.25) is 24.5 Å². The van der Waals surface area contributed by atoms with Crippen molar-refractivity contribution < 1.29 is 29.4 Å². The molecular weight excluding hydrogens is 632 g/mol. The molecular formula is C40H56N4O6. The maximum absolute atomic E-state index is 13.6. The summed E-state index contributed by atoms with van der Waals surface area (Å²) in [6.45, 7) is 4.36. The largest absolute Gasteiger partial charge is 0.480 e. The number of benzene rings is 1. The number of carboxylic acid groups (broad SMARTS) is 1. The van der Waals surface area contributed by atoms with Crippen LogP contribution >= 0.6 is 0 Å². The van der Waals surface area contributed by atoms with Gasteiger partial charge in [0, 0.05) is 19.0 Å². The topological polar surface area (TPSA) is 140 Å². The van der Waals surface area contributed by atoms with E-state index < -0.39 is 5.97 Å². The SMILES string of the molecule is Cc1ccc(C2=CC=C(C3NC(C4CCC(CN(CC(=O)O)C(=O)C5C=CC(NC(=O)CC6CCC(O)CC6C)CC5)CC4)NO3)CC2)cc1. The quantitative estimate of drug-likeness (QED) is 0.199. The second kappa shape index (κ2) is 16.8. The molecule has 272 valence electrons. The molecule has 6 rings (SSSR count). The Morgan fingerprint density at radius 3 is 2.40 bits per heavy atom. The van der Waals surface area contributed by atoms with Gasteiger partial charge in [-0.05, 0) is 118 Å². The lowest BCUT2D eigenvalue weighted by Gasteiger charge is -2.35. The zero-order chi connectivity index (χ0) is 35.2. The highest BCUT2D eigenvalue weighted by Gasteiger charge is 2.37. The van der Waals surface area contributed by atoms with E-state index in [0.717, 1.165) is 57.8 Å². The monoisotopic (exact) mass is 688 g/mol. The maximum Gasteiger partial charge on any atom is 0.323 e. The van der Waals surface area contributed by atoms with Crippen molar-refractivity contribution in [3.05, 3.63) is 65.3 Å². The molecule has 2 amide bonds. The first-order valence-corrected chi connectivity index (χ1v) is 18.9. The van der Waals surface area contributed by atoms with Crippen LogP contribution in [-0.2, 0) is 19.2 Å². The van der Waals surface area contributed by atoms with Crippen LogP contribution in [0.4, 0.5) is 0 Å². The third-order valence-corrected chi connectivity index (χ3v) is 11.9. The Kier molecular flexibility index (Phi) is 12.3. The Morgan fingerprint density at radius 1 is 0.960 bits per heavy atom. The highest BCUT2D eigenvalue weighted by Crippen LogP contribution is 2.35. The molecule has 1 aromatic rings. The van der Waals surface area contributed by atoms with Gasteiger partial charge in [0.1, 0.15) is 6.54 Å². The smallest absolute Gasteiger partial charge is 0.323 e. The fourth-order valence-corrected chi connectivity index (χ4v) is 8.70. The van der Waals surface area contributed by atoms with E-state index in [2.05, 4.69) is 66.4 Å². The molecule has 50 heavy (non-hydrogen) atoms. The summed E-state index contributed by atoms with van der Waals surface area (Å²) in [5, 5.41) is 26.3. The number of aliphatic carboxylic acids is 1. The fourth-order valence-electron chi connectivity index (χ4n) is 8.70. The molecule has 0 spiro atoms. The summed E-state index contributed by atoms with van der Waals surface area (Å²) in [7, 11) is 0. The molecule has 1 aromatic carbocycles. The molecule has 0 aromatic heterocycles. The van der Waals surface area contributed by atoms with Crippen LogP contribution in [-0.4, -0.2) is 70.5 Å². The summed E-state index contributed by atoms with van der Waals surface area (Å²) in [6.07, 6.45) is 17.6. The first-order valence-electron chi connectivity index (χ1n) is 18.9. The van der Waals surface area contributed by atoms with E-state index in [1.165, 1.54) is 22.3 Å². The third-order valence-electron chi connectivity index (χ3n) is 11.9. The maximum atomic E-state index is 13.6. The van der Waals surface area contributed by atoms with Crippen LogP contribution in [0.25, 0.3) is 5.57 Å². The first-order chi connectivity index (χ1) is 24.1. The van der Waals surface area contributed by atoms with Gasteiger partial charge < -0.3 is 20.4 Å². The molecule has 10 nitrogen and oxygen atoms in total. The van der Waals surface area contributed by atoms with E-state index in [0.29, 0.717) is 37.6 Å². The predicted octanol–water partition coefficient (Wildman–Crippen LogP) is 5.23. The third kappa shape index (κ3) is 9.51. The number of aliphatic hydroxyl groups excluding tert-OH is 1. The molecule has 5 aliphatic rings. The number of aliphatic hydroxyl groups is 1. The van der Waals surface area contributed by atoms with Crippen LogP contribution in [0.5, 0.6) is 0 Å². The van der Waals surface area contributed by atoms with Gasteiger partial charge in [-0.15, -0.1) is 0 Å². The van der Waals surface area contributed by atoms with Crippen LogP contribution in [0.1, 0.15) is 95.1 Å². The summed E-state index contributed by atoms with van der Waals surface area (Å²) in [5.41, 5.74) is 8.38. The zero-order valence-electron chi connectivity index (χ0n) is 29.7. The van der Waals surface area contributed by atoms with Crippen molar-refractivity contribution in [3.8, 4) is 0 Å². The molecule has 7 unspecified atom stereocenters. The Morgan fingerprint density at radius 2 is 1.74 bits per heavy atom. The predicted molar refractivity (Wildman–Crippen MR) is 192 cm³/mol. The lowest BCUT2D eigenvalue weighted by atomic mass is 9.77. The van der Waals surface area contributed by atoms with Gasteiger partial charge in [0.15, 0.2) is 6.23 Å². The standard InChI is InChI=1S/C40H56N4O6/c1-25-3-7-28(8-4-25)29-11-13-31(14-12-29)39-42-38(43-50-39)30-9-5-27(6-10-30)23-44(24-37(47)48)40(49)32-15-18-34(19-16-32)41-36(46)22-33-17-20-35(45)21-26(33)2/h3-4,7-8,11,13,15,18,26-27,30,32-35,38-39,42-43,45H,5-6,9-10,12,14,16-17,19-24H2,1-2H3,(H,41,46)(H,47,48). The van der Waals surface area contributed by atoms with Crippen molar-refractivity contribution in [1.29, 1.82) is 0 Å². The van der Waals surface area contributed by atoms with Gasteiger partial charge in [-0.2, -0.15) is 5.48 Å². The number of allylic oxidation sites excluding steroid dienone is 3. The second-order valence-electron chi connectivity index (χ2n) is 15.6. The van der Waals surface area contributed by atoms with E-state index in [4.69, 9.17) is 4.84 Å². The number of carboxylic acids is 1. The number of hydrogen-bond donors (Lipinski definition) is 5. The number of hydrogen-bond acceptors (Lipinski definition) is 7. The summed E-state index contributed by atoms with van der Waals surface area (Å²) >= 11 is 0. The average molecular weight is 689 g/mol. The molecule has 7 atom stereocenters. The van der Waals surface area contributed by atoms with Crippen molar-refractivity contribution in [2.24, 2.45) is 29.6 Å². The molecule has 10 heteroatoms. The summed E-state index contributed by atoms with van der Waals surface area (Å²) in [4.78, 5) is 45.7. The number of hydroxylamine groups is 1. The number of amides is 2. The zero-order valence-corrected chi connectivity index (χ0v) is 29.7. The molecule has 3 fully saturated rings. The minimum Gasteiger partial charge on any atom is -0.480 e. The Hall–Kier alpha value is -3.31. The molecule has 1 heterocycles. The molecule has 0 bridgehead atoms. The van der Waals surface area contributed by atoms with Crippen molar-refractivity contribution in [2.75, 3.05) is 13.1 Å². The number of nitrogens with one attached hydrogen (secondary N) is 3. The van der Waals surface area contributed by atoms with Crippen LogP contribution in [0.3, 0.4) is 0 Å². The van der Waals surface area contributed by atoms with E-state index in [9.17, 15) is 24.6 Å². The number of carbonyl (C=O) groups is 3. The highest BCUT2D eigenvalue weighted by atomic mass is 16.7. The van der Waals surface area contributed by atoms with Gasteiger partial charge in [0.25, 0.3) is 0 Å². The van der Waals surface area contributed by atoms with E-state index in [1.807, 2.05) is 12.2 Å². The van der Waals surface area contributed by atoms with Crippen molar-refractivity contribution in [1.82, 2.24) is 21.0 Å². The summed E-state index contributed by atoms with van der Waals surface area (Å²) in [6, 6.07) is 8.56. The van der Waals surface area contributed by atoms with E-state index >= 15 is 0 Å². The second-order valence-corrected chi connectivity index (χ2v) is 15.6. The summed E-state index contributed by atoms with van der Waals surface area (Å²) in [5.74, 6) is -0.249.